The zero-order valence-electron chi connectivity index (χ0n) is 11.2. The smallest absolute Gasteiger partial charge is 0.240 e. The first-order chi connectivity index (χ1) is 10.2. The number of anilines is 1. The second-order valence-electron chi connectivity index (χ2n) is 4.51. The summed E-state index contributed by atoms with van der Waals surface area (Å²) < 4.78 is 27.0. The summed E-state index contributed by atoms with van der Waals surface area (Å²) in [6.07, 6.45) is 1.22. The highest BCUT2D eigenvalue weighted by atomic mass is 35.5. The van der Waals surface area contributed by atoms with E-state index in [1.807, 2.05) is 0 Å². The Morgan fingerprint density at radius 1 is 1.09 bits per heavy atom. The van der Waals surface area contributed by atoms with Gasteiger partial charge in [0.15, 0.2) is 11.6 Å². The third kappa shape index (κ3) is 3.95. The lowest BCUT2D eigenvalue weighted by atomic mass is 10.2. The number of pyridine rings is 1. The molecule has 22 heavy (non-hydrogen) atoms. The predicted molar refractivity (Wildman–Crippen MR) is 88.3 cm³/mol. The third-order valence-corrected chi connectivity index (χ3v) is 5.22. The molecule has 0 unspecified atom stereocenters. The molecule has 0 aliphatic heterocycles. The number of aromatic hydroxyl groups is 1. The van der Waals surface area contributed by atoms with E-state index in [9.17, 15) is 13.5 Å². The van der Waals surface area contributed by atoms with E-state index >= 15 is 0 Å². The number of halogens is 3. The summed E-state index contributed by atoms with van der Waals surface area (Å²) in [4.78, 5) is 3.75. The van der Waals surface area contributed by atoms with Crippen molar-refractivity contribution >= 4 is 50.6 Å². The Bertz CT molecular complexity index is 792. The number of hydrogen-bond acceptors (Lipinski definition) is 4. The number of benzene rings is 1. The Labute approximate surface area is 142 Å². The van der Waals surface area contributed by atoms with Crippen molar-refractivity contribution in [1.29, 1.82) is 0 Å². The van der Waals surface area contributed by atoms with Crippen molar-refractivity contribution in [1.82, 2.24) is 4.98 Å². The van der Waals surface area contributed by atoms with E-state index in [1.54, 1.807) is 0 Å². The second-order valence-corrected chi connectivity index (χ2v) is 7.82. The van der Waals surface area contributed by atoms with Gasteiger partial charge in [0.1, 0.15) is 5.25 Å². The van der Waals surface area contributed by atoms with Gasteiger partial charge in [0, 0.05) is 22.3 Å². The van der Waals surface area contributed by atoms with Crippen LogP contribution in [0.5, 0.6) is 5.75 Å². The van der Waals surface area contributed by atoms with Gasteiger partial charge in [-0.1, -0.05) is 34.8 Å². The maximum Gasteiger partial charge on any atom is 0.240 e. The Morgan fingerprint density at radius 2 is 1.68 bits per heavy atom. The lowest BCUT2D eigenvalue weighted by molar-refractivity contribution is 0.475. The van der Waals surface area contributed by atoms with Gasteiger partial charge in [0.2, 0.25) is 10.0 Å². The topological polar surface area (TPSA) is 79.3 Å². The molecule has 1 aromatic heterocycles. The molecule has 0 amide bonds. The Hall–Kier alpha value is -1.21. The summed E-state index contributed by atoms with van der Waals surface area (Å²) in [7, 11) is -3.87. The summed E-state index contributed by atoms with van der Waals surface area (Å²) in [6.45, 7) is 1.47. The molecule has 0 bridgehead atoms. The minimum atomic E-state index is -3.87. The zero-order chi connectivity index (χ0) is 16.5. The molecule has 1 atom stereocenters. The second kappa shape index (κ2) is 6.50. The van der Waals surface area contributed by atoms with E-state index in [2.05, 4.69) is 9.71 Å². The SMILES string of the molecule is C[C@H](c1cc(Cl)cc(Cl)c1)S(=O)(=O)Nc1ncc(Cl)cc1O. The summed E-state index contributed by atoms with van der Waals surface area (Å²) in [5.41, 5.74) is 0.415. The number of sulfonamides is 1. The number of rotatable bonds is 4. The molecule has 0 aliphatic carbocycles. The summed E-state index contributed by atoms with van der Waals surface area (Å²) in [5, 5.41) is 9.57. The fourth-order valence-electron chi connectivity index (χ4n) is 1.72. The maximum atomic E-state index is 12.4. The molecule has 0 radical (unpaired) electrons. The van der Waals surface area contributed by atoms with Crippen molar-refractivity contribution in [2.75, 3.05) is 4.72 Å². The van der Waals surface area contributed by atoms with E-state index in [4.69, 9.17) is 34.8 Å². The van der Waals surface area contributed by atoms with Crippen LogP contribution in [0.2, 0.25) is 15.1 Å². The van der Waals surface area contributed by atoms with Gasteiger partial charge in [-0.2, -0.15) is 0 Å². The van der Waals surface area contributed by atoms with Crippen LogP contribution >= 0.6 is 34.8 Å². The van der Waals surface area contributed by atoms with Gasteiger partial charge in [-0.15, -0.1) is 0 Å². The van der Waals surface area contributed by atoms with Crippen molar-refractivity contribution in [2.45, 2.75) is 12.2 Å². The first kappa shape index (κ1) is 17.1. The van der Waals surface area contributed by atoms with Crippen molar-refractivity contribution in [2.24, 2.45) is 0 Å². The average molecular weight is 382 g/mol. The summed E-state index contributed by atoms with van der Waals surface area (Å²) in [5.74, 6) is -0.572. The van der Waals surface area contributed by atoms with Gasteiger partial charge in [-0.05, 0) is 30.7 Å². The Morgan fingerprint density at radius 3 is 2.23 bits per heavy atom. The van der Waals surface area contributed by atoms with Crippen LogP contribution in [0.1, 0.15) is 17.7 Å². The van der Waals surface area contributed by atoms with Crippen LogP contribution in [-0.2, 0) is 10.0 Å². The fraction of sp³-hybridized carbons (Fsp3) is 0.154. The lowest BCUT2D eigenvalue weighted by Gasteiger charge is -2.16. The van der Waals surface area contributed by atoms with E-state index in [0.29, 0.717) is 15.6 Å². The molecule has 2 rings (SSSR count). The molecule has 1 heterocycles. The first-order valence-electron chi connectivity index (χ1n) is 6.01. The molecule has 0 spiro atoms. The van der Waals surface area contributed by atoms with Crippen LogP contribution in [0.25, 0.3) is 0 Å². The molecular weight excluding hydrogens is 371 g/mol. The minimum Gasteiger partial charge on any atom is -0.504 e. The monoisotopic (exact) mass is 380 g/mol. The highest BCUT2D eigenvalue weighted by Crippen LogP contribution is 2.31. The predicted octanol–water partition coefficient (Wildman–Crippen LogP) is 4.25. The zero-order valence-corrected chi connectivity index (χ0v) is 14.3. The molecule has 0 aliphatic rings. The largest absolute Gasteiger partial charge is 0.504 e. The standard InChI is InChI=1S/C13H11Cl3N2O3S/c1-7(8-2-9(14)4-10(15)3-8)22(20,21)18-13-12(19)5-11(16)6-17-13/h2-7,19H,1H3,(H,17,18)/t7-/m1/s1. The van der Waals surface area contributed by atoms with Gasteiger partial charge in [0.25, 0.3) is 0 Å². The van der Waals surface area contributed by atoms with Crippen molar-refractivity contribution in [3.63, 3.8) is 0 Å². The maximum absolute atomic E-state index is 12.4. The van der Waals surface area contributed by atoms with Gasteiger partial charge in [0.05, 0.1) is 5.02 Å². The van der Waals surface area contributed by atoms with Crippen molar-refractivity contribution in [3.8, 4) is 5.75 Å². The molecular formula is C13H11Cl3N2O3S. The molecule has 9 heteroatoms. The van der Waals surface area contributed by atoms with Crippen molar-refractivity contribution in [3.05, 3.63) is 51.1 Å². The van der Waals surface area contributed by atoms with Gasteiger partial charge < -0.3 is 5.11 Å². The van der Waals surface area contributed by atoms with Crippen LogP contribution in [0.3, 0.4) is 0 Å². The Balaban J connectivity index is 2.33. The van der Waals surface area contributed by atoms with E-state index in [-0.39, 0.29) is 16.6 Å². The summed E-state index contributed by atoms with van der Waals surface area (Å²) in [6, 6.07) is 5.71. The highest BCUT2D eigenvalue weighted by molar-refractivity contribution is 7.92. The number of nitrogens with one attached hydrogen (secondary N) is 1. The highest BCUT2D eigenvalue weighted by Gasteiger charge is 2.25. The molecule has 1 aromatic carbocycles. The third-order valence-electron chi connectivity index (χ3n) is 2.89. The lowest BCUT2D eigenvalue weighted by Crippen LogP contribution is -2.20. The van der Waals surface area contributed by atoms with Crippen LogP contribution in [0, 0.1) is 0 Å². The van der Waals surface area contributed by atoms with Crippen LogP contribution in [-0.4, -0.2) is 18.5 Å². The van der Waals surface area contributed by atoms with Crippen LogP contribution < -0.4 is 4.72 Å². The summed E-state index contributed by atoms with van der Waals surface area (Å²) >= 11 is 17.4. The average Bonchev–Trinajstić information content (AvgIpc) is 2.40. The van der Waals surface area contributed by atoms with Gasteiger partial charge >= 0.3 is 0 Å². The molecule has 118 valence electrons. The Kier molecular flexibility index (Phi) is 5.07. The number of hydrogen-bond donors (Lipinski definition) is 2. The molecule has 0 saturated heterocycles. The van der Waals surface area contributed by atoms with E-state index < -0.39 is 15.3 Å². The van der Waals surface area contributed by atoms with E-state index in [0.717, 1.165) is 0 Å². The van der Waals surface area contributed by atoms with Crippen LogP contribution in [0.15, 0.2) is 30.5 Å². The van der Waals surface area contributed by atoms with Gasteiger partial charge in [-0.25, -0.2) is 13.4 Å². The molecule has 2 N–H and O–H groups in total. The van der Waals surface area contributed by atoms with E-state index in [1.165, 1.54) is 37.4 Å². The number of aromatic nitrogens is 1. The molecule has 0 saturated carbocycles. The minimum absolute atomic E-state index is 0.190. The molecule has 2 aromatic rings. The normalized spacial score (nSPS) is 12.9. The molecule has 0 fully saturated rings. The van der Waals surface area contributed by atoms with Crippen molar-refractivity contribution < 1.29 is 13.5 Å². The first-order valence-corrected chi connectivity index (χ1v) is 8.69. The number of nitrogens with zero attached hydrogens (tertiary/aromatic N) is 1. The van der Waals surface area contributed by atoms with Gasteiger partial charge in [-0.3, -0.25) is 4.72 Å². The van der Waals surface area contributed by atoms with Crippen LogP contribution in [0.4, 0.5) is 5.82 Å². The fourth-order valence-corrected chi connectivity index (χ4v) is 3.51. The quantitative estimate of drug-likeness (QED) is 0.829. The molecule has 5 nitrogen and oxygen atoms in total.